The molecule has 0 spiro atoms. The van der Waals surface area contributed by atoms with Gasteiger partial charge in [0.2, 0.25) is 0 Å². The summed E-state index contributed by atoms with van der Waals surface area (Å²) in [4.78, 5) is 6.87. The Hall–Kier alpha value is -1.87. The first-order valence-electron chi connectivity index (χ1n) is 7.12. The van der Waals surface area contributed by atoms with Crippen molar-refractivity contribution >= 4 is 5.82 Å². The van der Waals surface area contributed by atoms with Gasteiger partial charge in [0.05, 0.1) is 5.69 Å². The average Bonchev–Trinajstić information content (AvgIpc) is 2.48. The Morgan fingerprint density at radius 3 is 2.55 bits per heavy atom. The molecule has 0 radical (unpaired) electrons. The number of anilines is 1. The van der Waals surface area contributed by atoms with Gasteiger partial charge < -0.3 is 10.2 Å². The Morgan fingerprint density at radius 1 is 1.10 bits per heavy atom. The second kappa shape index (κ2) is 7.06. The molecule has 0 fully saturated rings. The maximum absolute atomic E-state index is 4.69. The fourth-order valence-electron chi connectivity index (χ4n) is 2.08. The zero-order valence-corrected chi connectivity index (χ0v) is 12.6. The standard InChI is InChI=1S/C17H23N3/c1-4-18-12-16-6-5-7-17(19-16)20(3)13-15-10-8-14(2)9-11-15/h5-11,18H,4,12-13H2,1-3H3. The molecule has 3 heteroatoms. The highest BCUT2D eigenvalue weighted by Gasteiger charge is 2.04. The Labute approximate surface area is 121 Å². The van der Waals surface area contributed by atoms with Gasteiger partial charge in [0, 0.05) is 20.1 Å². The largest absolute Gasteiger partial charge is 0.355 e. The summed E-state index contributed by atoms with van der Waals surface area (Å²) >= 11 is 0. The summed E-state index contributed by atoms with van der Waals surface area (Å²) in [5, 5.41) is 3.31. The van der Waals surface area contributed by atoms with Gasteiger partial charge in [-0.1, -0.05) is 42.8 Å². The summed E-state index contributed by atoms with van der Waals surface area (Å²) in [6, 6.07) is 14.8. The maximum Gasteiger partial charge on any atom is 0.128 e. The number of nitrogens with one attached hydrogen (secondary N) is 1. The third-order valence-electron chi connectivity index (χ3n) is 3.28. The van der Waals surface area contributed by atoms with Gasteiger partial charge in [0.25, 0.3) is 0 Å². The van der Waals surface area contributed by atoms with Crippen molar-refractivity contribution in [2.75, 3.05) is 18.5 Å². The van der Waals surface area contributed by atoms with Crippen molar-refractivity contribution in [2.45, 2.75) is 26.9 Å². The van der Waals surface area contributed by atoms with Crippen LogP contribution in [0.5, 0.6) is 0 Å². The van der Waals surface area contributed by atoms with Gasteiger partial charge in [0.15, 0.2) is 0 Å². The fraction of sp³-hybridized carbons (Fsp3) is 0.353. The summed E-state index contributed by atoms with van der Waals surface area (Å²) < 4.78 is 0. The number of aromatic nitrogens is 1. The lowest BCUT2D eigenvalue weighted by Crippen LogP contribution is -2.19. The molecule has 0 atom stereocenters. The van der Waals surface area contributed by atoms with Crippen LogP contribution >= 0.6 is 0 Å². The molecule has 0 aliphatic rings. The first-order valence-corrected chi connectivity index (χ1v) is 7.12. The van der Waals surface area contributed by atoms with Crippen molar-refractivity contribution in [1.29, 1.82) is 0 Å². The van der Waals surface area contributed by atoms with Gasteiger partial charge in [-0.05, 0) is 31.2 Å². The van der Waals surface area contributed by atoms with Gasteiger partial charge in [-0.25, -0.2) is 4.98 Å². The molecule has 0 bridgehead atoms. The first kappa shape index (κ1) is 14.5. The number of rotatable bonds is 6. The highest BCUT2D eigenvalue weighted by Crippen LogP contribution is 2.14. The van der Waals surface area contributed by atoms with Crippen molar-refractivity contribution in [3.05, 3.63) is 59.3 Å². The van der Waals surface area contributed by atoms with E-state index in [0.717, 1.165) is 31.1 Å². The van der Waals surface area contributed by atoms with Crippen LogP contribution in [0.25, 0.3) is 0 Å². The number of pyridine rings is 1. The van der Waals surface area contributed by atoms with E-state index in [0.29, 0.717) is 0 Å². The average molecular weight is 269 g/mol. The van der Waals surface area contributed by atoms with Crippen LogP contribution in [-0.2, 0) is 13.1 Å². The lowest BCUT2D eigenvalue weighted by Gasteiger charge is -2.19. The molecule has 0 saturated heterocycles. The topological polar surface area (TPSA) is 28.2 Å². The van der Waals surface area contributed by atoms with Gasteiger partial charge in [-0.3, -0.25) is 0 Å². The van der Waals surface area contributed by atoms with Gasteiger partial charge in [-0.15, -0.1) is 0 Å². The van der Waals surface area contributed by atoms with Crippen LogP contribution in [0.2, 0.25) is 0 Å². The van der Waals surface area contributed by atoms with Crippen LogP contribution in [-0.4, -0.2) is 18.6 Å². The van der Waals surface area contributed by atoms with Crippen LogP contribution in [0.1, 0.15) is 23.7 Å². The van der Waals surface area contributed by atoms with Crippen LogP contribution < -0.4 is 10.2 Å². The van der Waals surface area contributed by atoms with E-state index < -0.39 is 0 Å². The summed E-state index contributed by atoms with van der Waals surface area (Å²) in [6.45, 7) is 6.87. The lowest BCUT2D eigenvalue weighted by atomic mass is 10.1. The number of nitrogens with zero attached hydrogens (tertiary/aromatic N) is 2. The zero-order chi connectivity index (χ0) is 14.4. The Bertz CT molecular complexity index is 534. The molecular weight excluding hydrogens is 246 g/mol. The number of hydrogen-bond acceptors (Lipinski definition) is 3. The van der Waals surface area contributed by atoms with E-state index in [4.69, 9.17) is 0 Å². The van der Waals surface area contributed by atoms with E-state index in [2.05, 4.69) is 78.6 Å². The summed E-state index contributed by atoms with van der Waals surface area (Å²) in [6.07, 6.45) is 0. The monoisotopic (exact) mass is 269 g/mol. The predicted octanol–water partition coefficient (Wildman–Crippen LogP) is 3.14. The normalized spacial score (nSPS) is 10.6. The molecule has 2 rings (SSSR count). The van der Waals surface area contributed by atoms with E-state index in [1.54, 1.807) is 0 Å². The van der Waals surface area contributed by atoms with Crippen molar-refractivity contribution in [3.63, 3.8) is 0 Å². The molecular formula is C17H23N3. The summed E-state index contributed by atoms with van der Waals surface area (Å²) in [5.74, 6) is 1.01. The zero-order valence-electron chi connectivity index (χ0n) is 12.6. The molecule has 0 aliphatic carbocycles. The van der Waals surface area contributed by atoms with Crippen LogP contribution in [0.3, 0.4) is 0 Å². The molecule has 1 N–H and O–H groups in total. The molecule has 0 aliphatic heterocycles. The molecule has 20 heavy (non-hydrogen) atoms. The van der Waals surface area contributed by atoms with Crippen LogP contribution in [0.4, 0.5) is 5.82 Å². The lowest BCUT2D eigenvalue weighted by molar-refractivity contribution is 0.708. The van der Waals surface area contributed by atoms with Crippen molar-refractivity contribution in [2.24, 2.45) is 0 Å². The summed E-state index contributed by atoms with van der Waals surface area (Å²) in [7, 11) is 2.08. The number of hydrogen-bond donors (Lipinski definition) is 1. The SMILES string of the molecule is CCNCc1cccc(N(C)Cc2ccc(C)cc2)n1. The smallest absolute Gasteiger partial charge is 0.128 e. The second-order valence-corrected chi connectivity index (χ2v) is 5.11. The van der Waals surface area contributed by atoms with Crippen LogP contribution in [0.15, 0.2) is 42.5 Å². The van der Waals surface area contributed by atoms with Crippen LogP contribution in [0, 0.1) is 6.92 Å². The highest BCUT2D eigenvalue weighted by atomic mass is 15.2. The van der Waals surface area contributed by atoms with E-state index in [-0.39, 0.29) is 0 Å². The van der Waals surface area contributed by atoms with Gasteiger partial charge >= 0.3 is 0 Å². The highest BCUT2D eigenvalue weighted by molar-refractivity contribution is 5.39. The van der Waals surface area contributed by atoms with Crippen molar-refractivity contribution < 1.29 is 0 Å². The minimum absolute atomic E-state index is 0.822. The second-order valence-electron chi connectivity index (χ2n) is 5.11. The van der Waals surface area contributed by atoms with Crippen molar-refractivity contribution in [3.8, 4) is 0 Å². The quantitative estimate of drug-likeness (QED) is 0.873. The third kappa shape index (κ3) is 4.07. The van der Waals surface area contributed by atoms with Gasteiger partial charge in [0.1, 0.15) is 5.82 Å². The van der Waals surface area contributed by atoms with E-state index in [1.807, 2.05) is 0 Å². The molecule has 106 valence electrons. The molecule has 2 aromatic rings. The Kier molecular flexibility index (Phi) is 5.13. The first-order chi connectivity index (χ1) is 9.69. The minimum Gasteiger partial charge on any atom is -0.355 e. The molecule has 0 saturated carbocycles. The fourth-order valence-corrected chi connectivity index (χ4v) is 2.08. The Morgan fingerprint density at radius 2 is 1.85 bits per heavy atom. The summed E-state index contributed by atoms with van der Waals surface area (Å²) in [5.41, 5.74) is 3.68. The Balaban J connectivity index is 2.04. The van der Waals surface area contributed by atoms with Crippen molar-refractivity contribution in [1.82, 2.24) is 10.3 Å². The van der Waals surface area contributed by atoms with E-state index in [1.165, 1.54) is 11.1 Å². The van der Waals surface area contributed by atoms with E-state index in [9.17, 15) is 0 Å². The molecule has 1 heterocycles. The van der Waals surface area contributed by atoms with Gasteiger partial charge in [-0.2, -0.15) is 0 Å². The number of benzene rings is 1. The molecule has 1 aromatic heterocycles. The molecule has 1 aromatic carbocycles. The predicted molar refractivity (Wildman–Crippen MR) is 84.9 cm³/mol. The number of aryl methyl sites for hydroxylation is 1. The third-order valence-corrected chi connectivity index (χ3v) is 3.28. The van der Waals surface area contributed by atoms with E-state index >= 15 is 0 Å². The minimum atomic E-state index is 0.822. The molecule has 3 nitrogen and oxygen atoms in total. The molecule has 0 amide bonds. The maximum atomic E-state index is 4.69. The molecule has 0 unspecified atom stereocenters.